The molecular weight excluding hydrogens is 1050 g/mol. The van der Waals surface area contributed by atoms with Crippen LogP contribution in [-0.4, -0.2) is 120 Å². The van der Waals surface area contributed by atoms with Gasteiger partial charge in [0.15, 0.2) is 6.61 Å². The standard InChI is InChI=1S/C27H30ClN5O6.C25H28ClN5O5.ClH/c1-15(34)38-14-23(35)30-18-7-10-21-20(12-18)24(32-26(36)16-4-8-19(9-5-16)33(2)3)25(39-21)27(37)31-22-11-6-17(28)13-29-22;1-31(2)17-7-3-14(4-8-17)24(34)30-22-18-11-16(28-21(33)13-32)6-9-19(18)36-23(22)25(35)29-20-10-5-15(26)12-27-20;/h6-7,10-13,16,19H,4-5,8-9,14H2,1-3H3,(H,30,35)(H,32,36)(H,29,31,37);5-6,9-12,14,17,32H,3-4,7-8,13H2,1-2H3,(H,28,33)(H,30,34)(H,27,29,35);1H. The quantitative estimate of drug-likeness (QED) is 0.0475. The number of nitrogens with one attached hydrogen (secondary N) is 6. The van der Waals surface area contributed by atoms with E-state index in [4.69, 9.17) is 41.9 Å². The number of hydrogen-bond donors (Lipinski definition) is 7. The van der Waals surface area contributed by atoms with Crippen molar-refractivity contribution in [1.82, 2.24) is 19.8 Å². The maximum atomic E-state index is 13.3. The molecule has 0 aliphatic heterocycles. The van der Waals surface area contributed by atoms with Crippen LogP contribution in [0.3, 0.4) is 0 Å². The number of hydrogen-bond acceptors (Lipinski definition) is 15. The Bertz CT molecular complexity index is 3060. The molecule has 8 rings (SSSR count). The fourth-order valence-corrected chi connectivity index (χ4v) is 9.11. The Balaban J connectivity index is 0.000000244. The lowest BCUT2D eigenvalue weighted by atomic mass is 9.85. The van der Waals surface area contributed by atoms with Gasteiger partial charge in [0.05, 0.1) is 10.0 Å². The predicted octanol–water partition coefficient (Wildman–Crippen LogP) is 8.44. The molecule has 2 saturated carbocycles. The summed E-state index contributed by atoms with van der Waals surface area (Å²) in [5.41, 5.74) is 1.82. The van der Waals surface area contributed by atoms with E-state index in [-0.39, 0.29) is 70.6 Å². The molecule has 0 saturated heterocycles. The molecule has 0 radical (unpaired) electrons. The summed E-state index contributed by atoms with van der Waals surface area (Å²) >= 11 is 11.8. The molecule has 21 nitrogen and oxygen atoms in total. The van der Waals surface area contributed by atoms with Crippen LogP contribution in [0, 0.1) is 11.8 Å². The summed E-state index contributed by atoms with van der Waals surface area (Å²) in [6, 6.07) is 16.6. The first-order valence-electron chi connectivity index (χ1n) is 24.1. The zero-order chi connectivity index (χ0) is 53.9. The van der Waals surface area contributed by atoms with Gasteiger partial charge in [0.1, 0.15) is 40.8 Å². The molecule has 0 atom stereocenters. The minimum Gasteiger partial charge on any atom is -0.456 e. The van der Waals surface area contributed by atoms with Crippen molar-refractivity contribution in [2.75, 3.05) is 73.3 Å². The van der Waals surface area contributed by atoms with Crippen molar-refractivity contribution >= 4 is 133 Å². The van der Waals surface area contributed by atoms with Gasteiger partial charge >= 0.3 is 5.97 Å². The second-order valence-corrected chi connectivity index (χ2v) is 19.5. The molecule has 6 aromatic rings. The number of anilines is 6. The number of esters is 1. The molecule has 4 heterocycles. The Hall–Kier alpha value is -7.14. The number of pyridine rings is 2. The Morgan fingerprint density at radius 3 is 1.36 bits per heavy atom. The number of nitrogens with zero attached hydrogens (tertiary/aromatic N) is 4. The maximum Gasteiger partial charge on any atom is 0.303 e. The average Bonchev–Trinajstić information content (AvgIpc) is 3.94. The fourth-order valence-electron chi connectivity index (χ4n) is 8.89. The van der Waals surface area contributed by atoms with Crippen LogP contribution in [0.25, 0.3) is 21.9 Å². The molecule has 24 heteroatoms. The third-order valence-corrected chi connectivity index (χ3v) is 13.4. The third kappa shape index (κ3) is 15.3. The van der Waals surface area contributed by atoms with E-state index in [0.29, 0.717) is 55.4 Å². The molecule has 6 amide bonds. The van der Waals surface area contributed by atoms with Crippen LogP contribution < -0.4 is 31.9 Å². The number of halogens is 3. The van der Waals surface area contributed by atoms with Gasteiger partial charge in [0.2, 0.25) is 29.2 Å². The number of ether oxygens (including phenoxy) is 1. The van der Waals surface area contributed by atoms with E-state index in [2.05, 4.69) is 51.7 Å². The van der Waals surface area contributed by atoms with Crippen molar-refractivity contribution in [1.29, 1.82) is 0 Å². The zero-order valence-electron chi connectivity index (χ0n) is 42.3. The van der Waals surface area contributed by atoms with Gasteiger partial charge in [0, 0.05) is 65.4 Å². The summed E-state index contributed by atoms with van der Waals surface area (Å²) in [4.78, 5) is 100. The van der Waals surface area contributed by atoms with Crippen LogP contribution >= 0.6 is 35.6 Å². The lowest BCUT2D eigenvalue weighted by Crippen LogP contribution is -2.35. The molecule has 4 aromatic heterocycles. The minimum atomic E-state index is -0.676. The summed E-state index contributed by atoms with van der Waals surface area (Å²) in [5.74, 6) is -3.44. The SMILES string of the molecule is CC(=O)OCC(=O)Nc1ccc2oc(C(=O)Nc3ccc(Cl)cn3)c(NC(=O)C3CCC(N(C)C)CC3)c2c1.CN(C)C1CCC(C(=O)Nc2c(C(=O)Nc3ccc(Cl)cn3)oc3ccc(NC(=O)CO)cc23)CC1.Cl. The van der Waals surface area contributed by atoms with Gasteiger partial charge in [0.25, 0.3) is 17.7 Å². The van der Waals surface area contributed by atoms with E-state index in [9.17, 15) is 33.6 Å². The van der Waals surface area contributed by atoms with E-state index >= 15 is 0 Å². The van der Waals surface area contributed by atoms with Gasteiger partial charge in [-0.25, -0.2) is 9.97 Å². The molecule has 76 heavy (non-hydrogen) atoms. The lowest BCUT2D eigenvalue weighted by molar-refractivity contribution is -0.145. The van der Waals surface area contributed by atoms with Crippen LogP contribution in [0.4, 0.5) is 34.4 Å². The second kappa shape index (κ2) is 26.6. The number of fused-ring (bicyclic) bond motifs is 2. The van der Waals surface area contributed by atoms with Crippen LogP contribution in [0.15, 0.2) is 81.9 Å². The normalized spacial score (nSPS) is 17.1. The molecule has 2 aliphatic carbocycles. The van der Waals surface area contributed by atoms with Gasteiger partial charge in [-0.2, -0.15) is 0 Å². The Morgan fingerprint density at radius 1 is 0.592 bits per heavy atom. The van der Waals surface area contributed by atoms with Crippen molar-refractivity contribution < 1.29 is 52.2 Å². The highest BCUT2D eigenvalue weighted by molar-refractivity contribution is 6.30. The first-order valence-corrected chi connectivity index (χ1v) is 24.9. The summed E-state index contributed by atoms with van der Waals surface area (Å²) in [6.07, 6.45) is 9.31. The summed E-state index contributed by atoms with van der Waals surface area (Å²) in [7, 11) is 8.14. The van der Waals surface area contributed by atoms with E-state index < -0.39 is 42.8 Å². The average molecular weight is 1110 g/mol. The molecule has 0 unspecified atom stereocenters. The highest BCUT2D eigenvalue weighted by atomic mass is 35.5. The van der Waals surface area contributed by atoms with E-state index in [1.54, 1.807) is 60.7 Å². The van der Waals surface area contributed by atoms with Crippen molar-refractivity contribution in [3.05, 3.63) is 94.6 Å². The maximum absolute atomic E-state index is 13.3. The van der Waals surface area contributed by atoms with Crippen LogP contribution in [-0.2, 0) is 28.7 Å². The number of aliphatic hydroxyl groups is 1. The number of furan rings is 2. The molecule has 0 spiro atoms. The molecule has 7 N–H and O–H groups in total. The number of amides is 6. The van der Waals surface area contributed by atoms with Crippen molar-refractivity contribution in [2.24, 2.45) is 11.8 Å². The first-order chi connectivity index (χ1) is 35.8. The monoisotopic (exact) mass is 1100 g/mol. The summed E-state index contributed by atoms with van der Waals surface area (Å²) < 4.78 is 16.4. The number of carbonyl (C=O) groups excluding carboxylic acids is 7. The molecule has 404 valence electrons. The van der Waals surface area contributed by atoms with Crippen LogP contribution in [0.1, 0.15) is 79.4 Å². The topological polar surface area (TPSA) is 280 Å². The smallest absolute Gasteiger partial charge is 0.303 e. The number of carbonyl (C=O) groups is 7. The van der Waals surface area contributed by atoms with Gasteiger partial charge in [-0.15, -0.1) is 12.4 Å². The Morgan fingerprint density at radius 2 is 1.00 bits per heavy atom. The van der Waals surface area contributed by atoms with Crippen LogP contribution in [0.2, 0.25) is 10.0 Å². The van der Waals surface area contributed by atoms with E-state index in [1.807, 2.05) is 28.2 Å². The van der Waals surface area contributed by atoms with Crippen molar-refractivity contribution in [2.45, 2.75) is 70.4 Å². The minimum absolute atomic E-state index is 0. The summed E-state index contributed by atoms with van der Waals surface area (Å²) in [5, 5.41) is 27.1. The van der Waals surface area contributed by atoms with Gasteiger partial charge in [-0.3, -0.25) is 33.6 Å². The van der Waals surface area contributed by atoms with Gasteiger partial charge < -0.3 is 60.4 Å². The molecular formula is C52H59Cl3N10O11. The first kappa shape index (κ1) is 58.1. The van der Waals surface area contributed by atoms with Crippen molar-refractivity contribution in [3.8, 4) is 0 Å². The molecule has 0 bridgehead atoms. The Kier molecular flexibility index (Phi) is 20.3. The highest BCUT2D eigenvalue weighted by Crippen LogP contribution is 2.37. The fraction of sp³-hybridized carbons (Fsp3) is 0.365. The van der Waals surface area contributed by atoms with Gasteiger partial charge in [-0.05, 0) is 140 Å². The Labute approximate surface area is 453 Å². The molecule has 2 aliphatic rings. The van der Waals surface area contributed by atoms with Crippen LogP contribution in [0.5, 0.6) is 0 Å². The lowest BCUT2D eigenvalue weighted by Gasteiger charge is -2.31. The third-order valence-electron chi connectivity index (χ3n) is 12.9. The zero-order valence-corrected chi connectivity index (χ0v) is 44.6. The summed E-state index contributed by atoms with van der Waals surface area (Å²) in [6.45, 7) is 0.0863. The molecule has 2 fully saturated rings. The number of benzene rings is 2. The highest BCUT2D eigenvalue weighted by Gasteiger charge is 2.32. The molecule has 2 aromatic carbocycles. The predicted molar refractivity (Wildman–Crippen MR) is 291 cm³/mol. The second-order valence-electron chi connectivity index (χ2n) is 18.6. The number of aliphatic hydroxyl groups excluding tert-OH is 1. The largest absolute Gasteiger partial charge is 0.456 e. The van der Waals surface area contributed by atoms with Gasteiger partial charge in [-0.1, -0.05) is 23.2 Å². The number of rotatable bonds is 15. The van der Waals surface area contributed by atoms with E-state index in [0.717, 1.165) is 51.4 Å². The van der Waals surface area contributed by atoms with E-state index in [1.165, 1.54) is 19.3 Å². The number of aromatic nitrogens is 2. The van der Waals surface area contributed by atoms with Crippen molar-refractivity contribution in [3.63, 3.8) is 0 Å².